The van der Waals surface area contributed by atoms with Crippen LogP contribution in [0.3, 0.4) is 0 Å². The van der Waals surface area contributed by atoms with E-state index in [4.69, 9.17) is 4.52 Å². The maximum Gasteiger partial charge on any atom is 0.237 e. The second-order valence-corrected chi connectivity index (χ2v) is 9.22. The van der Waals surface area contributed by atoms with Crippen molar-refractivity contribution in [1.82, 2.24) is 20.4 Å². The molecule has 0 unspecified atom stereocenters. The van der Waals surface area contributed by atoms with Crippen LogP contribution in [0.5, 0.6) is 0 Å². The highest BCUT2D eigenvalue weighted by molar-refractivity contribution is 5.90. The molecule has 3 heterocycles. The van der Waals surface area contributed by atoms with Gasteiger partial charge in [0.1, 0.15) is 11.5 Å². The van der Waals surface area contributed by atoms with Gasteiger partial charge in [0.05, 0.1) is 12.6 Å². The van der Waals surface area contributed by atoms with E-state index in [0.29, 0.717) is 18.9 Å². The number of aromatic nitrogens is 2. The molecule has 30 heavy (non-hydrogen) atoms. The lowest BCUT2D eigenvalue weighted by Gasteiger charge is -2.25. The summed E-state index contributed by atoms with van der Waals surface area (Å²) in [5.74, 6) is 1.41. The van der Waals surface area contributed by atoms with E-state index in [0.717, 1.165) is 17.9 Å². The molecule has 2 aromatic heterocycles. The zero-order valence-corrected chi connectivity index (χ0v) is 18.5. The number of rotatable bonds is 6. The van der Waals surface area contributed by atoms with Crippen LogP contribution in [-0.2, 0) is 17.8 Å². The molecule has 2 atom stereocenters. The summed E-state index contributed by atoms with van der Waals surface area (Å²) in [5, 5.41) is 12.2. The lowest BCUT2D eigenvalue weighted by molar-refractivity contribution is -0.123. The van der Waals surface area contributed by atoms with Crippen LogP contribution in [0, 0.1) is 12.8 Å². The fraction of sp³-hybridized carbons (Fsp3) is 0.500. The van der Waals surface area contributed by atoms with Crippen molar-refractivity contribution in [2.75, 3.05) is 0 Å². The van der Waals surface area contributed by atoms with Gasteiger partial charge >= 0.3 is 0 Å². The largest absolute Gasteiger partial charge is 0.361 e. The summed E-state index contributed by atoms with van der Waals surface area (Å²) in [4.78, 5) is 13.0. The Morgan fingerprint density at radius 2 is 2.13 bits per heavy atom. The molecule has 1 aliphatic rings. The third kappa shape index (κ3) is 4.15. The summed E-state index contributed by atoms with van der Waals surface area (Å²) in [6, 6.07) is 8.47. The second-order valence-electron chi connectivity index (χ2n) is 9.22. The number of carbonyl (C=O) groups is 1. The van der Waals surface area contributed by atoms with Crippen molar-refractivity contribution in [2.45, 2.75) is 72.1 Å². The van der Waals surface area contributed by atoms with Crippen LogP contribution in [-0.4, -0.2) is 27.7 Å². The SMILES string of the molecule is Cc1cc(Cn2cc3c4c(cccc42)[C@H](CC(C)C)N[C@H](C(=O)NC(C)C)C3)no1. The number of amides is 1. The number of nitrogens with zero attached hydrogens (tertiary/aromatic N) is 2. The van der Waals surface area contributed by atoms with Crippen molar-refractivity contribution >= 4 is 16.8 Å². The lowest BCUT2D eigenvalue weighted by Crippen LogP contribution is -2.48. The number of hydrogen-bond acceptors (Lipinski definition) is 4. The summed E-state index contributed by atoms with van der Waals surface area (Å²) in [6.07, 6.45) is 3.84. The molecule has 1 amide bonds. The fourth-order valence-corrected chi connectivity index (χ4v) is 4.54. The average molecular weight is 409 g/mol. The van der Waals surface area contributed by atoms with Crippen LogP contribution in [0.15, 0.2) is 35.0 Å². The molecule has 0 aliphatic carbocycles. The summed E-state index contributed by atoms with van der Waals surface area (Å²) in [7, 11) is 0. The van der Waals surface area contributed by atoms with Crippen LogP contribution >= 0.6 is 0 Å². The van der Waals surface area contributed by atoms with Crippen LogP contribution in [0.2, 0.25) is 0 Å². The van der Waals surface area contributed by atoms with Crippen molar-refractivity contribution in [3.63, 3.8) is 0 Å². The molecule has 6 nitrogen and oxygen atoms in total. The molecule has 0 radical (unpaired) electrons. The Morgan fingerprint density at radius 1 is 1.33 bits per heavy atom. The minimum Gasteiger partial charge on any atom is -0.361 e. The van der Waals surface area contributed by atoms with E-state index < -0.39 is 0 Å². The summed E-state index contributed by atoms with van der Waals surface area (Å²) < 4.78 is 7.49. The second kappa shape index (κ2) is 8.26. The van der Waals surface area contributed by atoms with Crippen LogP contribution < -0.4 is 10.6 Å². The van der Waals surface area contributed by atoms with Gasteiger partial charge in [-0.05, 0) is 56.7 Å². The molecule has 0 saturated heterocycles. The lowest BCUT2D eigenvalue weighted by atomic mass is 9.94. The molecule has 0 spiro atoms. The molecule has 1 aliphatic heterocycles. The number of nitrogens with one attached hydrogen (secondary N) is 2. The molecule has 160 valence electrons. The highest BCUT2D eigenvalue weighted by Crippen LogP contribution is 2.36. The Balaban J connectivity index is 1.78. The third-order valence-electron chi connectivity index (χ3n) is 5.68. The number of carbonyl (C=O) groups excluding carboxylic acids is 1. The Bertz CT molecular complexity index is 1050. The van der Waals surface area contributed by atoms with E-state index in [9.17, 15) is 4.79 Å². The average Bonchev–Trinajstić information content (AvgIpc) is 3.18. The smallest absolute Gasteiger partial charge is 0.237 e. The first-order valence-corrected chi connectivity index (χ1v) is 10.9. The minimum atomic E-state index is -0.253. The maximum atomic E-state index is 13.0. The van der Waals surface area contributed by atoms with Gasteiger partial charge in [-0.2, -0.15) is 0 Å². The van der Waals surface area contributed by atoms with Crippen LogP contribution in [0.4, 0.5) is 0 Å². The normalized spacial score (nSPS) is 18.9. The third-order valence-corrected chi connectivity index (χ3v) is 5.68. The topological polar surface area (TPSA) is 72.1 Å². The van der Waals surface area contributed by atoms with Crippen LogP contribution in [0.1, 0.15) is 62.7 Å². The summed E-state index contributed by atoms with van der Waals surface area (Å²) >= 11 is 0. The Labute approximate surface area is 178 Å². The summed E-state index contributed by atoms with van der Waals surface area (Å²) in [5.41, 5.74) is 4.59. The molecule has 0 fully saturated rings. The maximum absolute atomic E-state index is 13.0. The standard InChI is InChI=1S/C24H32N4O2/c1-14(2)9-20-19-7-6-8-22-23(19)17(11-21(26-20)24(29)25-15(3)4)12-28(22)13-18-10-16(5)30-27-18/h6-8,10,12,14-15,20-21,26H,9,11,13H2,1-5H3,(H,25,29)/t20-,21-/m0/s1. The predicted octanol–water partition coefficient (Wildman–Crippen LogP) is 4.11. The van der Waals surface area contributed by atoms with Gasteiger partial charge in [-0.1, -0.05) is 31.1 Å². The first-order valence-electron chi connectivity index (χ1n) is 10.9. The van der Waals surface area contributed by atoms with Crippen molar-refractivity contribution in [3.8, 4) is 0 Å². The quantitative estimate of drug-likeness (QED) is 0.644. The van der Waals surface area contributed by atoms with Gasteiger partial charge in [-0.15, -0.1) is 0 Å². The first-order chi connectivity index (χ1) is 14.3. The molecule has 1 aromatic carbocycles. The van der Waals surface area contributed by atoms with E-state index in [1.807, 2.05) is 26.8 Å². The summed E-state index contributed by atoms with van der Waals surface area (Å²) in [6.45, 7) is 11.0. The molecule has 4 rings (SSSR count). The fourth-order valence-electron chi connectivity index (χ4n) is 4.54. The van der Waals surface area contributed by atoms with E-state index in [1.54, 1.807) is 0 Å². The zero-order chi connectivity index (χ0) is 21.4. The molecule has 0 bridgehead atoms. The van der Waals surface area contributed by atoms with E-state index in [-0.39, 0.29) is 24.0 Å². The number of aryl methyl sites for hydroxylation is 1. The number of hydrogen-bond donors (Lipinski definition) is 2. The monoisotopic (exact) mass is 408 g/mol. The van der Waals surface area contributed by atoms with Gasteiger partial charge in [0, 0.05) is 35.2 Å². The molecule has 6 heteroatoms. The van der Waals surface area contributed by atoms with Crippen LogP contribution in [0.25, 0.3) is 10.9 Å². The van der Waals surface area contributed by atoms with Gasteiger partial charge in [-0.25, -0.2) is 0 Å². The van der Waals surface area contributed by atoms with Crippen molar-refractivity contribution < 1.29 is 9.32 Å². The first kappa shape index (κ1) is 20.7. The van der Waals surface area contributed by atoms with Gasteiger partial charge in [0.2, 0.25) is 5.91 Å². The van der Waals surface area contributed by atoms with Gasteiger partial charge in [0.25, 0.3) is 0 Å². The molecule has 0 saturated carbocycles. The minimum absolute atomic E-state index is 0.0691. The predicted molar refractivity (Wildman–Crippen MR) is 118 cm³/mol. The van der Waals surface area contributed by atoms with E-state index in [2.05, 4.69) is 58.6 Å². The van der Waals surface area contributed by atoms with Crippen molar-refractivity contribution in [2.24, 2.45) is 5.92 Å². The zero-order valence-electron chi connectivity index (χ0n) is 18.5. The molecular weight excluding hydrogens is 376 g/mol. The molecule has 2 N–H and O–H groups in total. The van der Waals surface area contributed by atoms with E-state index in [1.165, 1.54) is 22.0 Å². The molecular formula is C24H32N4O2. The highest BCUT2D eigenvalue weighted by atomic mass is 16.5. The van der Waals surface area contributed by atoms with Gasteiger partial charge in [0.15, 0.2) is 0 Å². The Hall–Kier alpha value is -2.60. The van der Waals surface area contributed by atoms with E-state index >= 15 is 0 Å². The van der Waals surface area contributed by atoms with Gasteiger partial charge in [-0.3, -0.25) is 10.1 Å². The Kier molecular flexibility index (Phi) is 5.69. The van der Waals surface area contributed by atoms with Crippen molar-refractivity contribution in [3.05, 3.63) is 53.0 Å². The van der Waals surface area contributed by atoms with Gasteiger partial charge < -0.3 is 14.4 Å². The van der Waals surface area contributed by atoms with Crippen molar-refractivity contribution in [1.29, 1.82) is 0 Å². The molecule has 3 aromatic rings. The Morgan fingerprint density at radius 3 is 2.80 bits per heavy atom. The highest BCUT2D eigenvalue weighted by Gasteiger charge is 2.31. The number of benzene rings is 1.